The molecular formula is C23H21ClF3N5O4S. The number of carbonyl (C=O) groups excluding carboxylic acids is 2. The molecule has 2 bridgehead atoms. The number of amides is 2. The van der Waals surface area contributed by atoms with E-state index in [1.165, 1.54) is 24.9 Å². The molecule has 196 valence electrons. The number of ether oxygens (including phenoxy) is 2. The summed E-state index contributed by atoms with van der Waals surface area (Å²) in [5.74, 6) is -0.711. The quantitative estimate of drug-likeness (QED) is 0.555. The number of methoxy groups -OCH3 is 1. The molecule has 2 unspecified atom stereocenters. The highest BCUT2D eigenvalue weighted by Crippen LogP contribution is 2.55. The SMILES string of the molecule is COc1ccc2c(c1C(=O)Nc1nnc(Cl)cc1C(=O)NC13CCC(C(F)(F)F)(C1)OC3)SCC(C)=N2. The van der Waals surface area contributed by atoms with Crippen LogP contribution in [0.25, 0.3) is 0 Å². The first-order valence-corrected chi connectivity index (χ1v) is 12.6. The van der Waals surface area contributed by atoms with E-state index >= 15 is 0 Å². The number of alkyl halides is 3. The Hall–Kier alpha value is -2.90. The van der Waals surface area contributed by atoms with Crippen LogP contribution in [-0.2, 0) is 4.74 Å². The van der Waals surface area contributed by atoms with E-state index < -0.39 is 35.6 Å². The second-order valence-corrected chi connectivity index (χ2v) is 10.6. The van der Waals surface area contributed by atoms with E-state index in [4.69, 9.17) is 21.1 Å². The maximum absolute atomic E-state index is 13.6. The molecule has 2 N–H and O–H groups in total. The molecule has 3 aliphatic rings. The molecule has 3 heterocycles. The monoisotopic (exact) mass is 555 g/mol. The zero-order valence-electron chi connectivity index (χ0n) is 19.7. The van der Waals surface area contributed by atoms with Crippen LogP contribution >= 0.6 is 23.4 Å². The summed E-state index contributed by atoms with van der Waals surface area (Å²) >= 11 is 7.39. The minimum atomic E-state index is -4.55. The molecule has 2 amide bonds. The van der Waals surface area contributed by atoms with Gasteiger partial charge in [0, 0.05) is 22.8 Å². The Labute approximate surface area is 218 Å². The summed E-state index contributed by atoms with van der Waals surface area (Å²) in [6, 6.07) is 4.55. The molecule has 1 saturated heterocycles. The molecule has 5 rings (SSSR count). The lowest BCUT2D eigenvalue weighted by molar-refractivity contribution is -0.264. The average molecular weight is 556 g/mol. The molecule has 9 nitrogen and oxygen atoms in total. The van der Waals surface area contributed by atoms with Gasteiger partial charge in [0.1, 0.15) is 5.75 Å². The number of aliphatic imine (C=N–C) groups is 1. The molecule has 2 aromatic rings. The zero-order valence-corrected chi connectivity index (χ0v) is 21.2. The van der Waals surface area contributed by atoms with Crippen LogP contribution in [0.1, 0.15) is 46.9 Å². The van der Waals surface area contributed by atoms with Crippen LogP contribution in [-0.4, -0.2) is 64.5 Å². The maximum Gasteiger partial charge on any atom is 0.417 e. The third-order valence-corrected chi connectivity index (χ3v) is 8.12. The molecule has 0 radical (unpaired) electrons. The van der Waals surface area contributed by atoms with Gasteiger partial charge in [-0.15, -0.1) is 22.0 Å². The van der Waals surface area contributed by atoms with E-state index in [0.29, 0.717) is 22.1 Å². The van der Waals surface area contributed by atoms with Gasteiger partial charge in [0.05, 0.1) is 36.1 Å². The van der Waals surface area contributed by atoms with Crippen molar-refractivity contribution in [2.45, 2.75) is 48.4 Å². The smallest absolute Gasteiger partial charge is 0.417 e. The van der Waals surface area contributed by atoms with Crippen molar-refractivity contribution in [2.75, 3.05) is 24.8 Å². The highest BCUT2D eigenvalue weighted by Gasteiger charge is 2.68. The van der Waals surface area contributed by atoms with Crippen LogP contribution in [0, 0.1) is 0 Å². The fraction of sp³-hybridized carbons (Fsp3) is 0.435. The van der Waals surface area contributed by atoms with Crippen molar-refractivity contribution >= 4 is 52.4 Å². The summed E-state index contributed by atoms with van der Waals surface area (Å²) in [5.41, 5.74) is -1.91. The lowest BCUT2D eigenvalue weighted by atomic mass is 9.97. The van der Waals surface area contributed by atoms with Crippen molar-refractivity contribution in [3.05, 3.63) is 34.5 Å². The van der Waals surface area contributed by atoms with Crippen molar-refractivity contribution in [3.8, 4) is 5.75 Å². The first-order chi connectivity index (χ1) is 17.5. The number of thioether (sulfide) groups is 1. The first kappa shape index (κ1) is 25.7. The van der Waals surface area contributed by atoms with Gasteiger partial charge < -0.3 is 20.1 Å². The third kappa shape index (κ3) is 4.53. The molecule has 1 aliphatic carbocycles. The number of nitrogens with one attached hydrogen (secondary N) is 2. The zero-order chi connectivity index (χ0) is 26.6. The van der Waals surface area contributed by atoms with E-state index in [0.717, 1.165) is 5.71 Å². The van der Waals surface area contributed by atoms with E-state index in [2.05, 4.69) is 25.8 Å². The molecule has 1 aromatic carbocycles. The van der Waals surface area contributed by atoms with Gasteiger partial charge in [-0.2, -0.15) is 13.2 Å². The summed E-state index contributed by atoms with van der Waals surface area (Å²) < 4.78 is 51.2. The normalized spacial score (nSPS) is 24.3. The topological polar surface area (TPSA) is 115 Å². The van der Waals surface area contributed by atoms with Crippen molar-refractivity contribution < 1.29 is 32.2 Å². The van der Waals surface area contributed by atoms with Gasteiger partial charge in [0.15, 0.2) is 16.6 Å². The second kappa shape index (κ2) is 9.14. The average Bonchev–Trinajstić information content (AvgIpc) is 3.41. The Bertz CT molecular complexity index is 1330. The van der Waals surface area contributed by atoms with E-state index in [9.17, 15) is 22.8 Å². The van der Waals surface area contributed by atoms with Gasteiger partial charge in [-0.25, -0.2) is 0 Å². The molecule has 2 fully saturated rings. The number of fused-ring (bicyclic) bond motifs is 3. The molecule has 2 atom stereocenters. The highest BCUT2D eigenvalue weighted by molar-refractivity contribution is 8.00. The van der Waals surface area contributed by atoms with Gasteiger partial charge >= 0.3 is 6.18 Å². The van der Waals surface area contributed by atoms with Gasteiger partial charge in [-0.3, -0.25) is 14.6 Å². The number of halogens is 4. The lowest BCUT2D eigenvalue weighted by Gasteiger charge is -2.30. The predicted octanol–water partition coefficient (Wildman–Crippen LogP) is 4.57. The Kier molecular flexibility index (Phi) is 6.35. The first-order valence-electron chi connectivity index (χ1n) is 11.2. The van der Waals surface area contributed by atoms with Crippen LogP contribution in [0.15, 0.2) is 28.1 Å². The summed E-state index contributed by atoms with van der Waals surface area (Å²) in [5, 5.41) is 12.7. The number of anilines is 1. The maximum atomic E-state index is 13.6. The van der Waals surface area contributed by atoms with Crippen molar-refractivity contribution in [3.63, 3.8) is 0 Å². The van der Waals surface area contributed by atoms with E-state index in [-0.39, 0.29) is 41.5 Å². The molecule has 2 aliphatic heterocycles. The minimum Gasteiger partial charge on any atom is -0.496 e. The number of hydrogen-bond acceptors (Lipinski definition) is 8. The standard InChI is InChI=1S/C23H21ClF3N5O4S/c1-11-8-37-17-13(28-11)3-4-14(35-2)16(17)20(34)29-18-12(7-15(24)31-32-18)19(33)30-21-5-6-22(9-21,36-10-21)23(25,26)27/h3-4,7H,5-6,8-10H2,1-2H3,(H,30,33)(H,29,32,34). The number of aromatic nitrogens is 2. The Morgan fingerprint density at radius 1 is 1.22 bits per heavy atom. The lowest BCUT2D eigenvalue weighted by Crippen LogP contribution is -2.48. The summed E-state index contributed by atoms with van der Waals surface area (Å²) in [7, 11) is 1.42. The summed E-state index contributed by atoms with van der Waals surface area (Å²) in [6.45, 7) is 1.60. The number of carbonyl (C=O) groups is 2. The minimum absolute atomic E-state index is 0.0939. The molecule has 0 spiro atoms. The van der Waals surface area contributed by atoms with Crippen LogP contribution in [0.3, 0.4) is 0 Å². The molecule has 1 aromatic heterocycles. The molecule has 1 saturated carbocycles. The van der Waals surface area contributed by atoms with Crippen LogP contribution in [0.2, 0.25) is 5.15 Å². The van der Waals surface area contributed by atoms with Gasteiger partial charge in [0.25, 0.3) is 11.8 Å². The van der Waals surface area contributed by atoms with Crippen molar-refractivity contribution in [1.82, 2.24) is 15.5 Å². The van der Waals surface area contributed by atoms with Crippen LogP contribution < -0.4 is 15.4 Å². The largest absolute Gasteiger partial charge is 0.496 e. The highest BCUT2D eigenvalue weighted by atomic mass is 35.5. The van der Waals surface area contributed by atoms with Crippen molar-refractivity contribution in [1.29, 1.82) is 0 Å². The molecule has 37 heavy (non-hydrogen) atoms. The fourth-order valence-electron chi connectivity index (χ4n) is 4.85. The Balaban J connectivity index is 1.42. The van der Waals surface area contributed by atoms with Crippen LogP contribution in [0.5, 0.6) is 5.75 Å². The number of nitrogens with zero attached hydrogens (tertiary/aromatic N) is 3. The van der Waals surface area contributed by atoms with E-state index in [1.807, 2.05) is 6.92 Å². The van der Waals surface area contributed by atoms with E-state index in [1.54, 1.807) is 12.1 Å². The van der Waals surface area contributed by atoms with Crippen LogP contribution in [0.4, 0.5) is 24.7 Å². The Morgan fingerprint density at radius 3 is 2.65 bits per heavy atom. The number of rotatable bonds is 5. The summed E-state index contributed by atoms with van der Waals surface area (Å²) in [4.78, 5) is 31.7. The molecular weight excluding hydrogens is 535 g/mol. The third-order valence-electron chi connectivity index (χ3n) is 6.67. The van der Waals surface area contributed by atoms with Gasteiger partial charge in [-0.05, 0) is 38.0 Å². The number of hydrogen-bond donors (Lipinski definition) is 2. The fourth-order valence-corrected chi connectivity index (χ4v) is 6.02. The number of benzene rings is 1. The second-order valence-electron chi connectivity index (χ2n) is 9.20. The predicted molar refractivity (Wildman–Crippen MR) is 130 cm³/mol. The summed E-state index contributed by atoms with van der Waals surface area (Å²) in [6.07, 6.45) is -5.11. The van der Waals surface area contributed by atoms with Crippen molar-refractivity contribution in [2.24, 2.45) is 4.99 Å². The van der Waals surface area contributed by atoms with Gasteiger partial charge in [0.2, 0.25) is 0 Å². The molecule has 14 heteroatoms. The Morgan fingerprint density at radius 2 is 2.00 bits per heavy atom. The van der Waals surface area contributed by atoms with Gasteiger partial charge in [-0.1, -0.05) is 11.6 Å².